The highest BCUT2D eigenvalue weighted by Crippen LogP contribution is 2.30. The predicted octanol–water partition coefficient (Wildman–Crippen LogP) is 0.960. The largest absolute Gasteiger partial charge is 0.546 e. The summed E-state index contributed by atoms with van der Waals surface area (Å²) in [7, 11) is -1.18. The third-order valence-corrected chi connectivity index (χ3v) is 5.20. The van der Waals surface area contributed by atoms with Crippen LogP contribution in [0.2, 0.25) is 0 Å². The molecule has 1 aromatic carbocycles. The molecule has 1 aliphatic carbocycles. The van der Waals surface area contributed by atoms with Crippen molar-refractivity contribution in [3.05, 3.63) is 53.5 Å². The average Bonchev–Trinajstić information content (AvgIpc) is 3.48. The number of hydrogen-bond donors (Lipinski definition) is 4. The van der Waals surface area contributed by atoms with Gasteiger partial charge in [-0.15, -0.1) is 5.10 Å². The van der Waals surface area contributed by atoms with Crippen LogP contribution in [0.1, 0.15) is 46.8 Å². The number of fused-ring (bicyclic) bond motifs is 1. The molecule has 1 unspecified atom stereocenters. The summed E-state index contributed by atoms with van der Waals surface area (Å²) in [5, 5.41) is 34.2. The summed E-state index contributed by atoms with van der Waals surface area (Å²) in [6, 6.07) is 4.92. The second-order valence-corrected chi connectivity index (χ2v) is 7.92. The van der Waals surface area contributed by atoms with Gasteiger partial charge < -0.3 is 25.4 Å². The molecule has 3 heterocycles. The number of nitrogens with zero attached hydrogens (tertiary/aromatic N) is 3. The van der Waals surface area contributed by atoms with Crippen LogP contribution < -0.4 is 15.3 Å². The molecule has 158 valence electrons. The fourth-order valence-corrected chi connectivity index (χ4v) is 3.30. The summed E-state index contributed by atoms with van der Waals surface area (Å²) >= 11 is 0. The van der Waals surface area contributed by atoms with Gasteiger partial charge in [-0.05, 0) is 18.1 Å². The van der Waals surface area contributed by atoms with Gasteiger partial charge in [0.05, 0.1) is 23.7 Å². The number of para-hydroxylation sites is 1. The summed E-state index contributed by atoms with van der Waals surface area (Å²) in [5.41, 5.74) is 2.39. The second-order valence-electron chi connectivity index (χ2n) is 7.92. The number of carboxylic acids is 1. The Balaban J connectivity index is 0.000000667. The van der Waals surface area contributed by atoms with Crippen molar-refractivity contribution in [2.24, 2.45) is 0 Å². The standard InChI is InChI=1S/C17H20BN5O4.C3H6/c1-10(8-23-9-14(21-22-23)12-6-19-7-12)20-15-5-11-3-2-4-13(17(24)25)16(11)27-18(15)26;1-2-3-1/h2-4,9,12,15,19-20,26H,1,5-8H2,(H,24,25);1-3H2. The zero-order chi connectivity index (χ0) is 21.1. The summed E-state index contributed by atoms with van der Waals surface area (Å²) in [5.74, 6) is -0.893. The van der Waals surface area contributed by atoms with E-state index < -0.39 is 19.0 Å². The summed E-state index contributed by atoms with van der Waals surface area (Å²) in [6.07, 6.45) is 6.83. The number of hydrogen-bond acceptors (Lipinski definition) is 7. The summed E-state index contributed by atoms with van der Waals surface area (Å²) < 4.78 is 7.18. The Morgan fingerprint density at radius 2 is 2.13 bits per heavy atom. The van der Waals surface area contributed by atoms with E-state index in [-0.39, 0.29) is 11.3 Å². The van der Waals surface area contributed by atoms with Crippen LogP contribution in [0.4, 0.5) is 0 Å². The zero-order valence-electron chi connectivity index (χ0n) is 16.8. The molecule has 0 radical (unpaired) electrons. The molecule has 1 aromatic heterocycles. The minimum Gasteiger partial charge on any atom is -0.534 e. The lowest BCUT2D eigenvalue weighted by Crippen LogP contribution is -2.51. The molecule has 4 N–H and O–H groups in total. The first-order valence-electron chi connectivity index (χ1n) is 10.3. The van der Waals surface area contributed by atoms with Crippen LogP contribution in [0.15, 0.2) is 36.7 Å². The Hall–Kier alpha value is -2.85. The quantitative estimate of drug-likeness (QED) is 0.519. The smallest absolute Gasteiger partial charge is 0.534 e. The van der Waals surface area contributed by atoms with Crippen molar-refractivity contribution in [2.75, 3.05) is 13.1 Å². The lowest BCUT2D eigenvalue weighted by molar-refractivity contribution is 0.0694. The van der Waals surface area contributed by atoms with Gasteiger partial charge in [0.2, 0.25) is 0 Å². The zero-order valence-corrected chi connectivity index (χ0v) is 16.8. The van der Waals surface area contributed by atoms with E-state index in [1.165, 1.54) is 25.3 Å². The van der Waals surface area contributed by atoms with E-state index >= 15 is 0 Å². The molecule has 1 saturated carbocycles. The third kappa shape index (κ3) is 4.82. The molecule has 10 heteroatoms. The van der Waals surface area contributed by atoms with Crippen LogP contribution in [-0.4, -0.2) is 57.2 Å². The maximum atomic E-state index is 11.3. The minimum atomic E-state index is -1.18. The fourth-order valence-electron chi connectivity index (χ4n) is 3.30. The molecular weight excluding hydrogens is 385 g/mol. The molecule has 2 aliphatic heterocycles. The highest BCUT2D eigenvalue weighted by Gasteiger charge is 2.37. The van der Waals surface area contributed by atoms with Gasteiger partial charge in [-0.2, -0.15) is 0 Å². The highest BCUT2D eigenvalue weighted by molar-refractivity contribution is 6.46. The summed E-state index contributed by atoms with van der Waals surface area (Å²) in [4.78, 5) is 11.3. The number of aromatic nitrogens is 3. The number of carbonyl (C=O) groups is 1. The topological polar surface area (TPSA) is 122 Å². The van der Waals surface area contributed by atoms with E-state index in [1.54, 1.807) is 16.8 Å². The minimum absolute atomic E-state index is 0.0458. The molecule has 1 saturated heterocycles. The van der Waals surface area contributed by atoms with Crippen LogP contribution in [0, 0.1) is 0 Å². The van der Waals surface area contributed by atoms with E-state index in [0.29, 0.717) is 24.6 Å². The van der Waals surface area contributed by atoms with E-state index in [1.807, 2.05) is 6.20 Å². The van der Waals surface area contributed by atoms with Gasteiger partial charge in [-0.3, -0.25) is 0 Å². The first-order valence-corrected chi connectivity index (χ1v) is 10.3. The van der Waals surface area contributed by atoms with Gasteiger partial charge in [0.15, 0.2) is 0 Å². The van der Waals surface area contributed by atoms with Gasteiger partial charge in [-0.1, -0.05) is 43.2 Å². The molecule has 0 bridgehead atoms. The van der Waals surface area contributed by atoms with Crippen LogP contribution in [-0.2, 0) is 13.0 Å². The Morgan fingerprint density at radius 1 is 1.37 bits per heavy atom. The first kappa shape index (κ1) is 20.4. The molecule has 1 atom stereocenters. The van der Waals surface area contributed by atoms with Gasteiger partial charge in [0.25, 0.3) is 0 Å². The van der Waals surface area contributed by atoms with Crippen LogP contribution in [0.3, 0.4) is 0 Å². The molecule has 3 aliphatic rings. The maximum Gasteiger partial charge on any atom is 0.546 e. The van der Waals surface area contributed by atoms with E-state index in [2.05, 4.69) is 27.5 Å². The van der Waals surface area contributed by atoms with Crippen molar-refractivity contribution in [1.29, 1.82) is 0 Å². The molecular formula is C20H26BN5O4. The molecule has 5 rings (SSSR count). The number of allylic oxidation sites excluding steroid dienone is 1. The van der Waals surface area contributed by atoms with Crippen molar-refractivity contribution in [3.63, 3.8) is 0 Å². The van der Waals surface area contributed by atoms with Crippen molar-refractivity contribution >= 4 is 13.1 Å². The molecule has 0 amide bonds. The average molecular weight is 411 g/mol. The van der Waals surface area contributed by atoms with Crippen LogP contribution in [0.25, 0.3) is 0 Å². The van der Waals surface area contributed by atoms with E-state index in [4.69, 9.17) is 4.65 Å². The van der Waals surface area contributed by atoms with Crippen molar-refractivity contribution in [2.45, 2.75) is 44.1 Å². The molecule has 30 heavy (non-hydrogen) atoms. The van der Waals surface area contributed by atoms with Crippen LogP contribution in [0.5, 0.6) is 5.75 Å². The number of carboxylic acid groups (broad SMARTS) is 1. The number of nitrogens with one attached hydrogen (secondary N) is 2. The van der Waals surface area contributed by atoms with Gasteiger partial charge in [0, 0.05) is 30.9 Å². The van der Waals surface area contributed by atoms with E-state index in [0.717, 1.165) is 24.3 Å². The Kier molecular flexibility index (Phi) is 6.05. The Bertz CT molecular complexity index is 925. The predicted molar refractivity (Wildman–Crippen MR) is 111 cm³/mol. The SMILES string of the molecule is C1CC1.C=C(Cn1cc(C2CNC2)nn1)NC1Cc2cccc(C(=O)O)c2OB1O. The number of benzene rings is 1. The lowest BCUT2D eigenvalue weighted by atomic mass is 9.72. The van der Waals surface area contributed by atoms with Crippen LogP contribution >= 0.6 is 0 Å². The molecule has 2 fully saturated rings. The van der Waals surface area contributed by atoms with Gasteiger partial charge in [0.1, 0.15) is 5.75 Å². The number of aromatic carboxylic acids is 1. The maximum absolute atomic E-state index is 11.3. The highest BCUT2D eigenvalue weighted by atomic mass is 16.5. The summed E-state index contributed by atoms with van der Waals surface area (Å²) in [6.45, 7) is 6.25. The normalized spacial score (nSPS) is 19.5. The molecule has 9 nitrogen and oxygen atoms in total. The monoisotopic (exact) mass is 411 g/mol. The van der Waals surface area contributed by atoms with Gasteiger partial charge in [-0.25, -0.2) is 9.48 Å². The number of rotatable bonds is 6. The Labute approximate surface area is 175 Å². The van der Waals surface area contributed by atoms with Crippen molar-refractivity contribution in [1.82, 2.24) is 25.6 Å². The van der Waals surface area contributed by atoms with Crippen molar-refractivity contribution < 1.29 is 19.6 Å². The van der Waals surface area contributed by atoms with Gasteiger partial charge >= 0.3 is 13.1 Å². The molecule has 2 aromatic rings. The first-order chi connectivity index (χ1) is 14.5. The molecule has 0 spiro atoms. The second kappa shape index (κ2) is 8.89. The van der Waals surface area contributed by atoms with E-state index in [9.17, 15) is 14.9 Å². The van der Waals surface area contributed by atoms with Crippen molar-refractivity contribution in [3.8, 4) is 5.75 Å². The lowest BCUT2D eigenvalue weighted by Gasteiger charge is -2.30. The third-order valence-electron chi connectivity index (χ3n) is 5.20. The Morgan fingerprint density at radius 3 is 2.77 bits per heavy atom. The fraction of sp³-hybridized carbons (Fsp3) is 0.450.